The van der Waals surface area contributed by atoms with Crippen LogP contribution < -0.4 is 25.9 Å². The number of aromatic nitrogens is 1. The molecule has 0 fully saturated rings. The SMILES string of the molecule is COC/C=c1/nccc(Oc2ccc(NC(=S)NC(=O)Cc3ccccc3)cc2F)/c1=C/CC=O. The molecule has 0 aliphatic heterocycles. The summed E-state index contributed by atoms with van der Waals surface area (Å²) in [6, 6.07) is 15.0. The van der Waals surface area contributed by atoms with Crippen molar-refractivity contribution in [3.8, 4) is 11.5 Å². The minimum absolute atomic E-state index is 0.0285. The molecular weight excluding hydrogens is 469 g/mol. The third-order valence-electron chi connectivity index (χ3n) is 4.71. The van der Waals surface area contributed by atoms with Crippen LogP contribution in [0.15, 0.2) is 60.8 Å². The summed E-state index contributed by atoms with van der Waals surface area (Å²) in [6.45, 7) is 0.314. The number of ether oxygens (including phenoxy) is 2. The number of benzene rings is 2. The number of hydrogen-bond donors (Lipinski definition) is 2. The topological polar surface area (TPSA) is 89.6 Å². The van der Waals surface area contributed by atoms with E-state index in [4.69, 9.17) is 21.7 Å². The van der Waals surface area contributed by atoms with E-state index in [1.807, 2.05) is 30.3 Å². The van der Waals surface area contributed by atoms with Gasteiger partial charge in [-0.1, -0.05) is 36.4 Å². The summed E-state index contributed by atoms with van der Waals surface area (Å²) in [4.78, 5) is 27.3. The van der Waals surface area contributed by atoms with Gasteiger partial charge < -0.3 is 24.9 Å². The summed E-state index contributed by atoms with van der Waals surface area (Å²) in [5.41, 5.74) is 1.20. The van der Waals surface area contributed by atoms with E-state index < -0.39 is 5.82 Å². The molecule has 1 aromatic heterocycles. The molecule has 180 valence electrons. The summed E-state index contributed by atoms with van der Waals surface area (Å²) in [7, 11) is 1.55. The van der Waals surface area contributed by atoms with Crippen LogP contribution in [-0.4, -0.2) is 36.0 Å². The Balaban J connectivity index is 1.71. The fourth-order valence-electron chi connectivity index (χ4n) is 3.15. The summed E-state index contributed by atoms with van der Waals surface area (Å²) in [6.07, 6.45) is 5.98. The monoisotopic (exact) mass is 493 g/mol. The van der Waals surface area contributed by atoms with Gasteiger partial charge in [0.15, 0.2) is 16.7 Å². The lowest BCUT2D eigenvalue weighted by Crippen LogP contribution is -2.35. The maximum atomic E-state index is 14.8. The number of pyridine rings is 1. The molecule has 0 aliphatic rings. The second kappa shape index (κ2) is 13.1. The molecule has 2 N–H and O–H groups in total. The van der Waals surface area contributed by atoms with Gasteiger partial charge in [0.05, 0.1) is 18.4 Å². The molecule has 0 bridgehead atoms. The predicted octanol–water partition coefficient (Wildman–Crippen LogP) is 2.87. The largest absolute Gasteiger partial charge is 0.454 e. The second-order valence-electron chi connectivity index (χ2n) is 7.29. The number of carbonyl (C=O) groups is 2. The van der Waals surface area contributed by atoms with E-state index in [0.29, 0.717) is 28.6 Å². The van der Waals surface area contributed by atoms with Gasteiger partial charge in [0, 0.05) is 36.7 Å². The molecule has 9 heteroatoms. The number of methoxy groups -OCH3 is 1. The van der Waals surface area contributed by atoms with E-state index in [-0.39, 0.29) is 29.6 Å². The van der Waals surface area contributed by atoms with Crippen molar-refractivity contribution < 1.29 is 23.5 Å². The van der Waals surface area contributed by atoms with Gasteiger partial charge in [-0.3, -0.25) is 9.78 Å². The first kappa shape index (κ1) is 25.7. The first-order valence-electron chi connectivity index (χ1n) is 10.7. The molecule has 1 heterocycles. The average Bonchev–Trinajstić information content (AvgIpc) is 2.84. The smallest absolute Gasteiger partial charge is 0.230 e. The highest BCUT2D eigenvalue weighted by molar-refractivity contribution is 7.80. The Morgan fingerprint density at radius 3 is 2.63 bits per heavy atom. The molecule has 0 spiro atoms. The van der Waals surface area contributed by atoms with Gasteiger partial charge in [0.2, 0.25) is 5.91 Å². The molecule has 1 amide bonds. The van der Waals surface area contributed by atoms with Crippen molar-refractivity contribution in [3.63, 3.8) is 0 Å². The summed E-state index contributed by atoms with van der Waals surface area (Å²) in [5, 5.41) is 6.53. The van der Waals surface area contributed by atoms with Crippen molar-refractivity contribution in [1.82, 2.24) is 10.3 Å². The standard InChI is InChI=1S/C26H24FN3O4S/c1-33-15-12-22-20(8-5-14-31)23(11-13-28-22)34-24-10-9-19(17-21(24)27)29-26(35)30-25(32)16-18-6-3-2-4-7-18/h2-4,6-14,17H,5,15-16H2,1H3,(H2,29,30,32,35)/b20-8+,22-12+. The molecule has 35 heavy (non-hydrogen) atoms. The van der Waals surface area contributed by atoms with Gasteiger partial charge in [-0.05, 0) is 42.1 Å². The maximum absolute atomic E-state index is 14.8. The fraction of sp³-hybridized carbons (Fsp3) is 0.154. The van der Waals surface area contributed by atoms with Crippen LogP contribution in [0.3, 0.4) is 0 Å². The molecule has 3 aromatic rings. The molecule has 0 aliphatic carbocycles. The molecule has 0 radical (unpaired) electrons. The molecule has 2 aromatic carbocycles. The molecule has 0 saturated carbocycles. The van der Waals surface area contributed by atoms with Crippen LogP contribution in [0, 0.1) is 5.82 Å². The number of halogens is 1. The Hall–Kier alpha value is -3.95. The number of aldehydes is 1. The molecule has 7 nitrogen and oxygen atoms in total. The number of carbonyl (C=O) groups excluding carboxylic acids is 2. The van der Waals surface area contributed by atoms with Crippen LogP contribution in [0.2, 0.25) is 0 Å². The minimum atomic E-state index is -0.644. The lowest BCUT2D eigenvalue weighted by atomic mass is 10.1. The molecule has 3 rings (SSSR count). The Kier molecular flexibility index (Phi) is 9.58. The van der Waals surface area contributed by atoms with E-state index in [9.17, 15) is 14.0 Å². The van der Waals surface area contributed by atoms with Gasteiger partial charge in [-0.2, -0.15) is 0 Å². The van der Waals surface area contributed by atoms with Crippen LogP contribution >= 0.6 is 12.2 Å². The van der Waals surface area contributed by atoms with Crippen molar-refractivity contribution in [1.29, 1.82) is 0 Å². The zero-order chi connectivity index (χ0) is 25.0. The highest BCUT2D eigenvalue weighted by Crippen LogP contribution is 2.24. The highest BCUT2D eigenvalue weighted by atomic mass is 32.1. The Bertz CT molecular complexity index is 1320. The number of hydrogen-bond acceptors (Lipinski definition) is 6. The van der Waals surface area contributed by atoms with Crippen molar-refractivity contribution in [2.75, 3.05) is 19.0 Å². The summed E-state index contributed by atoms with van der Waals surface area (Å²) in [5.74, 6) is -0.618. The van der Waals surface area contributed by atoms with Crippen LogP contribution in [0.5, 0.6) is 11.5 Å². The maximum Gasteiger partial charge on any atom is 0.230 e. The highest BCUT2D eigenvalue weighted by Gasteiger charge is 2.10. The number of amides is 1. The van der Waals surface area contributed by atoms with Crippen LogP contribution in [0.25, 0.3) is 12.2 Å². The Morgan fingerprint density at radius 2 is 1.91 bits per heavy atom. The van der Waals surface area contributed by atoms with E-state index in [2.05, 4.69) is 15.6 Å². The minimum Gasteiger partial charge on any atom is -0.454 e. The van der Waals surface area contributed by atoms with Gasteiger partial charge in [0.1, 0.15) is 12.0 Å². The van der Waals surface area contributed by atoms with E-state index in [1.54, 1.807) is 31.4 Å². The molecule has 0 unspecified atom stereocenters. The number of nitrogens with zero attached hydrogens (tertiary/aromatic N) is 1. The Morgan fingerprint density at radius 1 is 1.11 bits per heavy atom. The average molecular weight is 494 g/mol. The van der Waals surface area contributed by atoms with E-state index in [1.165, 1.54) is 18.3 Å². The lowest BCUT2D eigenvalue weighted by Gasteiger charge is -2.12. The molecule has 0 atom stereocenters. The van der Waals surface area contributed by atoms with Gasteiger partial charge in [-0.15, -0.1) is 0 Å². The first-order valence-corrected chi connectivity index (χ1v) is 11.1. The fourth-order valence-corrected chi connectivity index (χ4v) is 3.38. The third-order valence-corrected chi connectivity index (χ3v) is 4.92. The van der Waals surface area contributed by atoms with Crippen molar-refractivity contribution >= 4 is 47.4 Å². The zero-order valence-corrected chi connectivity index (χ0v) is 19.8. The van der Waals surface area contributed by atoms with Crippen molar-refractivity contribution in [2.45, 2.75) is 12.8 Å². The van der Waals surface area contributed by atoms with Crippen LogP contribution in [0.1, 0.15) is 12.0 Å². The Labute approximate surface area is 207 Å². The first-order chi connectivity index (χ1) is 17.0. The summed E-state index contributed by atoms with van der Waals surface area (Å²) < 4.78 is 25.7. The number of thiocarbonyl (C=S) groups is 1. The van der Waals surface area contributed by atoms with Crippen LogP contribution in [0.4, 0.5) is 10.1 Å². The zero-order valence-electron chi connectivity index (χ0n) is 19.0. The number of rotatable bonds is 9. The summed E-state index contributed by atoms with van der Waals surface area (Å²) >= 11 is 5.17. The predicted molar refractivity (Wildman–Crippen MR) is 136 cm³/mol. The lowest BCUT2D eigenvalue weighted by molar-refractivity contribution is -0.119. The second-order valence-corrected chi connectivity index (χ2v) is 7.69. The number of nitrogens with one attached hydrogen (secondary N) is 2. The normalized spacial score (nSPS) is 11.7. The van der Waals surface area contributed by atoms with Gasteiger partial charge in [0.25, 0.3) is 0 Å². The molecule has 0 saturated heterocycles. The molecular formula is C26H24FN3O4S. The van der Waals surface area contributed by atoms with Crippen molar-refractivity contribution in [2.24, 2.45) is 0 Å². The van der Waals surface area contributed by atoms with E-state index in [0.717, 1.165) is 11.8 Å². The quantitative estimate of drug-likeness (QED) is 0.350. The number of anilines is 1. The van der Waals surface area contributed by atoms with Crippen LogP contribution in [-0.2, 0) is 20.7 Å². The van der Waals surface area contributed by atoms with E-state index >= 15 is 0 Å². The van der Waals surface area contributed by atoms with Gasteiger partial charge >= 0.3 is 0 Å². The third kappa shape index (κ3) is 7.80. The van der Waals surface area contributed by atoms with Gasteiger partial charge in [-0.25, -0.2) is 4.39 Å². The van der Waals surface area contributed by atoms with Crippen molar-refractivity contribution in [3.05, 3.63) is 82.7 Å².